The lowest BCUT2D eigenvalue weighted by Gasteiger charge is -2.22. The second-order valence-electron chi connectivity index (χ2n) is 5.47. The molecule has 90 valence electrons. The van der Waals surface area contributed by atoms with E-state index < -0.39 is 0 Å². The molecule has 1 aliphatic rings. The second kappa shape index (κ2) is 4.48. The monoisotopic (exact) mass is 228 g/mol. The van der Waals surface area contributed by atoms with Crippen molar-refractivity contribution < 1.29 is 4.79 Å². The highest BCUT2D eigenvalue weighted by molar-refractivity contribution is 6.22. The molecule has 0 amide bonds. The maximum absolute atomic E-state index is 12.2. The van der Waals surface area contributed by atoms with Crippen molar-refractivity contribution in [2.75, 3.05) is 0 Å². The highest BCUT2D eigenvalue weighted by Crippen LogP contribution is 2.33. The van der Waals surface area contributed by atoms with Crippen LogP contribution in [0.25, 0.3) is 5.57 Å². The van der Waals surface area contributed by atoms with Gasteiger partial charge < -0.3 is 0 Å². The summed E-state index contributed by atoms with van der Waals surface area (Å²) in [6, 6.07) is 6.40. The van der Waals surface area contributed by atoms with Crippen LogP contribution in [-0.4, -0.2) is 5.78 Å². The van der Waals surface area contributed by atoms with Gasteiger partial charge in [0, 0.05) is 12.0 Å². The van der Waals surface area contributed by atoms with Gasteiger partial charge >= 0.3 is 0 Å². The van der Waals surface area contributed by atoms with Crippen LogP contribution in [-0.2, 0) is 4.79 Å². The number of allylic oxidation sites excluding steroid dienone is 2. The Bertz CT molecular complexity index is 474. The average Bonchev–Trinajstić information content (AvgIpc) is 2.13. The Hall–Kier alpha value is -1.37. The third-order valence-electron chi connectivity index (χ3n) is 3.40. The zero-order valence-corrected chi connectivity index (χ0v) is 11.1. The highest BCUT2D eigenvalue weighted by atomic mass is 16.1. The van der Waals surface area contributed by atoms with Gasteiger partial charge in [-0.25, -0.2) is 0 Å². The molecule has 0 heterocycles. The number of hydrogen-bond acceptors (Lipinski definition) is 1. The van der Waals surface area contributed by atoms with Gasteiger partial charge in [-0.3, -0.25) is 4.79 Å². The Labute approximate surface area is 104 Å². The van der Waals surface area contributed by atoms with Crippen molar-refractivity contribution in [1.82, 2.24) is 0 Å². The van der Waals surface area contributed by atoms with Crippen molar-refractivity contribution in [3.8, 4) is 0 Å². The van der Waals surface area contributed by atoms with Gasteiger partial charge in [0.2, 0.25) is 0 Å². The molecule has 0 bridgehead atoms. The number of aryl methyl sites for hydroxylation is 2. The van der Waals surface area contributed by atoms with Gasteiger partial charge in [0.25, 0.3) is 0 Å². The molecule has 17 heavy (non-hydrogen) atoms. The smallest absolute Gasteiger partial charge is 0.163 e. The summed E-state index contributed by atoms with van der Waals surface area (Å²) in [4.78, 5) is 12.2. The van der Waals surface area contributed by atoms with E-state index in [1.165, 1.54) is 16.7 Å². The summed E-state index contributed by atoms with van der Waals surface area (Å²) in [5.41, 5.74) is 5.78. The van der Waals surface area contributed by atoms with Gasteiger partial charge in [0.1, 0.15) is 0 Å². The van der Waals surface area contributed by atoms with E-state index in [4.69, 9.17) is 0 Å². The molecule has 0 saturated carbocycles. The van der Waals surface area contributed by atoms with Crippen LogP contribution in [0, 0.1) is 19.8 Å². The van der Waals surface area contributed by atoms with Crippen molar-refractivity contribution >= 4 is 11.4 Å². The molecule has 1 aromatic carbocycles. The lowest BCUT2D eigenvalue weighted by Crippen LogP contribution is -2.16. The molecule has 0 fully saturated rings. The van der Waals surface area contributed by atoms with Gasteiger partial charge in [0.15, 0.2) is 5.78 Å². The number of hydrogen-bond donors (Lipinski definition) is 0. The molecule has 1 heteroatoms. The molecular formula is C16H20O. The Morgan fingerprint density at radius 3 is 2.12 bits per heavy atom. The van der Waals surface area contributed by atoms with Crippen LogP contribution in [0.3, 0.4) is 0 Å². The lowest BCUT2D eigenvalue weighted by molar-refractivity contribution is -0.114. The number of ketones is 1. The van der Waals surface area contributed by atoms with Crippen LogP contribution in [0.1, 0.15) is 43.4 Å². The van der Waals surface area contributed by atoms with Crippen LogP contribution in [0.5, 0.6) is 0 Å². The SMILES string of the molecule is CC1=C(c2cc(C)cc(C)c2)C(=O)CC(C)C1. The van der Waals surface area contributed by atoms with E-state index >= 15 is 0 Å². The molecule has 0 N–H and O–H groups in total. The number of rotatable bonds is 1. The molecule has 0 aromatic heterocycles. The maximum Gasteiger partial charge on any atom is 0.163 e. The minimum atomic E-state index is 0.311. The molecule has 0 radical (unpaired) electrons. The van der Waals surface area contributed by atoms with Crippen LogP contribution < -0.4 is 0 Å². The quantitative estimate of drug-likeness (QED) is 0.708. The number of carbonyl (C=O) groups is 1. The summed E-state index contributed by atoms with van der Waals surface area (Å²) in [6.45, 7) is 8.42. The van der Waals surface area contributed by atoms with Crippen molar-refractivity contribution in [3.05, 3.63) is 40.5 Å². The van der Waals surface area contributed by atoms with E-state index in [1.807, 2.05) is 0 Å². The molecule has 1 nitrogen and oxygen atoms in total. The molecule has 1 aliphatic carbocycles. The predicted octanol–water partition coefficient (Wildman–Crippen LogP) is 4.08. The summed E-state index contributed by atoms with van der Waals surface area (Å²) >= 11 is 0. The largest absolute Gasteiger partial charge is 0.294 e. The zero-order valence-electron chi connectivity index (χ0n) is 11.1. The van der Waals surface area contributed by atoms with E-state index in [2.05, 4.69) is 45.9 Å². The Morgan fingerprint density at radius 2 is 1.59 bits per heavy atom. The fourth-order valence-electron chi connectivity index (χ4n) is 2.88. The number of benzene rings is 1. The summed E-state index contributed by atoms with van der Waals surface area (Å²) in [5.74, 6) is 0.809. The molecular weight excluding hydrogens is 208 g/mol. The molecule has 0 spiro atoms. The van der Waals surface area contributed by atoms with Gasteiger partial charge in [-0.05, 0) is 38.7 Å². The maximum atomic E-state index is 12.2. The van der Waals surface area contributed by atoms with E-state index in [9.17, 15) is 4.79 Å². The fraction of sp³-hybridized carbons (Fsp3) is 0.438. The predicted molar refractivity (Wildman–Crippen MR) is 71.9 cm³/mol. The first-order valence-electron chi connectivity index (χ1n) is 6.29. The van der Waals surface area contributed by atoms with Crippen LogP contribution >= 0.6 is 0 Å². The fourth-order valence-corrected chi connectivity index (χ4v) is 2.88. The highest BCUT2D eigenvalue weighted by Gasteiger charge is 2.23. The number of Topliss-reactive ketones (excluding diaryl/α,β-unsaturated/α-hetero) is 1. The topological polar surface area (TPSA) is 17.1 Å². The zero-order chi connectivity index (χ0) is 12.6. The standard InChI is InChI=1S/C16H20O/c1-10-5-11(2)8-14(7-10)16-13(4)6-12(3)9-15(16)17/h5,7-8,12H,6,9H2,1-4H3. The molecule has 2 rings (SSSR count). The van der Waals surface area contributed by atoms with Crippen LogP contribution in [0.4, 0.5) is 0 Å². The summed E-state index contributed by atoms with van der Waals surface area (Å²) in [7, 11) is 0. The van der Waals surface area contributed by atoms with Crippen molar-refractivity contribution in [2.24, 2.45) is 5.92 Å². The Balaban J connectivity index is 2.51. The van der Waals surface area contributed by atoms with Gasteiger partial charge in [0.05, 0.1) is 0 Å². The normalized spacial score (nSPS) is 20.9. The van der Waals surface area contributed by atoms with Crippen LogP contribution in [0.15, 0.2) is 23.8 Å². The van der Waals surface area contributed by atoms with Crippen molar-refractivity contribution in [1.29, 1.82) is 0 Å². The van der Waals surface area contributed by atoms with E-state index in [1.54, 1.807) is 0 Å². The van der Waals surface area contributed by atoms with E-state index in [0.717, 1.165) is 17.6 Å². The second-order valence-corrected chi connectivity index (χ2v) is 5.47. The minimum absolute atomic E-state index is 0.311. The third kappa shape index (κ3) is 2.49. The molecule has 1 atom stereocenters. The summed E-state index contributed by atoms with van der Waals surface area (Å²) in [5, 5.41) is 0. The summed E-state index contributed by atoms with van der Waals surface area (Å²) in [6.07, 6.45) is 1.74. The molecule has 1 unspecified atom stereocenters. The van der Waals surface area contributed by atoms with Gasteiger partial charge in [-0.2, -0.15) is 0 Å². The van der Waals surface area contributed by atoms with Gasteiger partial charge in [-0.1, -0.05) is 41.8 Å². The first-order valence-corrected chi connectivity index (χ1v) is 6.29. The molecule has 0 aliphatic heterocycles. The first kappa shape index (κ1) is 12.1. The lowest BCUT2D eigenvalue weighted by atomic mass is 9.81. The molecule has 1 aromatic rings. The Morgan fingerprint density at radius 1 is 1.00 bits per heavy atom. The van der Waals surface area contributed by atoms with Crippen molar-refractivity contribution in [2.45, 2.75) is 40.5 Å². The average molecular weight is 228 g/mol. The van der Waals surface area contributed by atoms with Gasteiger partial charge in [-0.15, -0.1) is 0 Å². The summed E-state index contributed by atoms with van der Waals surface area (Å²) < 4.78 is 0. The molecule has 0 saturated heterocycles. The first-order chi connectivity index (χ1) is 7.97. The Kier molecular flexibility index (Phi) is 3.19. The van der Waals surface area contributed by atoms with E-state index in [-0.39, 0.29) is 0 Å². The van der Waals surface area contributed by atoms with Crippen LogP contribution in [0.2, 0.25) is 0 Å². The van der Waals surface area contributed by atoms with E-state index in [0.29, 0.717) is 18.1 Å². The van der Waals surface area contributed by atoms with Crippen molar-refractivity contribution in [3.63, 3.8) is 0 Å². The minimum Gasteiger partial charge on any atom is -0.294 e. The number of carbonyl (C=O) groups excluding carboxylic acids is 1. The third-order valence-corrected chi connectivity index (χ3v) is 3.40.